The summed E-state index contributed by atoms with van der Waals surface area (Å²) in [5, 5.41) is 11.1. The number of hydrogen-bond donors (Lipinski definition) is 1. The molecular formula is C25H28O7. The van der Waals surface area contributed by atoms with Gasteiger partial charge in [0.25, 0.3) is 0 Å². The summed E-state index contributed by atoms with van der Waals surface area (Å²) in [6.45, 7) is 6.00. The molecule has 8 atom stereocenters. The SMILES string of the molecule is CC1(C)O[C@@]2(C=C3[C@H](CC[C@]45C[C@]34[C@H](O)O[C@@H]5c3ccoc3)O2)C[C@H]1[C@]1(C)C=CC(=O)O1. The molecule has 2 aliphatic carbocycles. The standard InChI is InChI=1S/C25H28O7/c1-21(2)17(22(3)7-5-18(26)31-22)11-24(32-21)10-15-16(30-24)4-8-23-13-25(15,23)20(27)29-19(23)14-6-9-28-12-14/h5-7,9-10,12,16-17,19-20,27H,4,8,11,13H2,1-3H3/t16-,17+,19+,20+,22-,23+,24-,25+/m0/s1. The number of aliphatic hydroxyl groups excluding tert-OH is 1. The zero-order valence-corrected chi connectivity index (χ0v) is 18.5. The lowest BCUT2D eigenvalue weighted by atomic mass is 9.72. The van der Waals surface area contributed by atoms with E-state index in [0.29, 0.717) is 6.42 Å². The fourth-order valence-electron chi connectivity index (χ4n) is 7.82. The summed E-state index contributed by atoms with van der Waals surface area (Å²) in [5.41, 5.74) is 0.244. The molecule has 7 heteroatoms. The van der Waals surface area contributed by atoms with Crippen LogP contribution >= 0.6 is 0 Å². The number of furan rings is 1. The van der Waals surface area contributed by atoms with Gasteiger partial charge in [0.05, 0.1) is 35.8 Å². The molecule has 0 bridgehead atoms. The van der Waals surface area contributed by atoms with E-state index in [-0.39, 0.29) is 29.5 Å². The Bertz CT molecular complexity index is 1070. The number of rotatable bonds is 2. The molecule has 0 radical (unpaired) electrons. The third-order valence-corrected chi connectivity index (χ3v) is 9.15. The van der Waals surface area contributed by atoms with Crippen LogP contribution in [0.25, 0.3) is 0 Å². The highest BCUT2D eigenvalue weighted by Crippen LogP contribution is 2.84. The largest absolute Gasteiger partial charge is 0.472 e. The maximum absolute atomic E-state index is 11.8. The molecule has 2 saturated heterocycles. The van der Waals surface area contributed by atoms with Crippen LogP contribution < -0.4 is 0 Å². The molecule has 0 aromatic carbocycles. The Labute approximate surface area is 186 Å². The lowest BCUT2D eigenvalue weighted by Crippen LogP contribution is -2.44. The van der Waals surface area contributed by atoms with Gasteiger partial charge in [0, 0.05) is 29.4 Å². The lowest BCUT2D eigenvalue weighted by Gasteiger charge is -2.36. The zero-order chi connectivity index (χ0) is 22.1. The molecule has 32 heavy (non-hydrogen) atoms. The van der Waals surface area contributed by atoms with Crippen molar-refractivity contribution in [3.8, 4) is 0 Å². The average molecular weight is 440 g/mol. The molecule has 0 unspecified atom stereocenters. The van der Waals surface area contributed by atoms with E-state index in [2.05, 4.69) is 6.08 Å². The van der Waals surface area contributed by atoms with Crippen molar-refractivity contribution in [1.29, 1.82) is 0 Å². The van der Waals surface area contributed by atoms with Gasteiger partial charge in [-0.1, -0.05) is 0 Å². The third-order valence-electron chi connectivity index (χ3n) is 9.15. The number of fused-ring (bicyclic) bond motifs is 1. The number of esters is 1. The summed E-state index contributed by atoms with van der Waals surface area (Å²) >= 11 is 0. The molecule has 6 aliphatic rings. The van der Waals surface area contributed by atoms with Crippen LogP contribution in [0.2, 0.25) is 0 Å². The van der Waals surface area contributed by atoms with E-state index in [1.807, 2.05) is 32.9 Å². The topological polar surface area (TPSA) is 87.4 Å². The predicted molar refractivity (Wildman–Crippen MR) is 110 cm³/mol. The van der Waals surface area contributed by atoms with Crippen LogP contribution in [0.3, 0.4) is 0 Å². The third kappa shape index (κ3) is 2.14. The quantitative estimate of drug-likeness (QED) is 0.556. The van der Waals surface area contributed by atoms with E-state index in [1.54, 1.807) is 12.5 Å². The maximum Gasteiger partial charge on any atom is 0.331 e. The van der Waals surface area contributed by atoms with Crippen molar-refractivity contribution in [1.82, 2.24) is 0 Å². The smallest absolute Gasteiger partial charge is 0.331 e. The summed E-state index contributed by atoms with van der Waals surface area (Å²) < 4.78 is 30.3. The van der Waals surface area contributed by atoms with E-state index >= 15 is 0 Å². The Morgan fingerprint density at radius 2 is 2.06 bits per heavy atom. The van der Waals surface area contributed by atoms with Crippen LogP contribution in [0.1, 0.15) is 58.1 Å². The first kappa shape index (κ1) is 19.5. The number of hydrogen-bond acceptors (Lipinski definition) is 7. The molecule has 4 fully saturated rings. The molecule has 1 aromatic rings. The predicted octanol–water partition coefficient (Wildman–Crippen LogP) is 3.55. The summed E-state index contributed by atoms with van der Waals surface area (Å²) in [7, 11) is 0. The van der Waals surface area contributed by atoms with E-state index in [9.17, 15) is 9.90 Å². The number of aliphatic hydroxyl groups is 1. The van der Waals surface area contributed by atoms with Gasteiger partial charge in [-0.3, -0.25) is 0 Å². The molecule has 5 heterocycles. The lowest BCUT2D eigenvalue weighted by molar-refractivity contribution is -0.223. The van der Waals surface area contributed by atoms with Crippen molar-refractivity contribution < 1.29 is 33.3 Å². The van der Waals surface area contributed by atoms with Crippen molar-refractivity contribution in [2.24, 2.45) is 16.7 Å². The molecular weight excluding hydrogens is 412 g/mol. The van der Waals surface area contributed by atoms with Crippen LogP contribution in [0.15, 0.2) is 46.8 Å². The molecule has 170 valence electrons. The number of cyclic esters (lactones) is 1. The molecule has 2 saturated carbocycles. The van der Waals surface area contributed by atoms with Gasteiger partial charge in [-0.2, -0.15) is 0 Å². The van der Waals surface area contributed by atoms with Crippen LogP contribution in [-0.4, -0.2) is 40.5 Å². The molecule has 0 amide bonds. The number of carbonyl (C=O) groups excluding carboxylic acids is 1. The fraction of sp³-hybridized carbons (Fsp3) is 0.640. The van der Waals surface area contributed by atoms with E-state index in [1.165, 1.54) is 6.08 Å². The molecule has 4 aliphatic heterocycles. The Morgan fingerprint density at radius 3 is 2.78 bits per heavy atom. The highest BCUT2D eigenvalue weighted by molar-refractivity contribution is 5.85. The van der Waals surface area contributed by atoms with Gasteiger partial charge in [0.2, 0.25) is 0 Å². The van der Waals surface area contributed by atoms with Gasteiger partial charge >= 0.3 is 5.97 Å². The summed E-state index contributed by atoms with van der Waals surface area (Å²) in [5.74, 6) is -1.28. The van der Waals surface area contributed by atoms with Crippen LogP contribution in [0.4, 0.5) is 0 Å². The van der Waals surface area contributed by atoms with Crippen molar-refractivity contribution in [2.75, 3.05) is 0 Å². The van der Waals surface area contributed by atoms with Crippen molar-refractivity contribution >= 4 is 5.97 Å². The highest BCUT2D eigenvalue weighted by atomic mass is 16.7. The Balaban J connectivity index is 1.25. The van der Waals surface area contributed by atoms with Crippen LogP contribution in [-0.2, 0) is 23.7 Å². The van der Waals surface area contributed by atoms with Gasteiger partial charge in [-0.25, -0.2) is 4.79 Å². The van der Waals surface area contributed by atoms with Gasteiger partial charge in [0.15, 0.2) is 12.1 Å². The molecule has 1 aromatic heterocycles. The second-order valence-electron chi connectivity index (χ2n) is 11.2. The molecule has 1 N–H and O–H groups in total. The number of ether oxygens (including phenoxy) is 4. The second-order valence-corrected chi connectivity index (χ2v) is 11.2. The minimum atomic E-state index is -0.888. The average Bonchev–Trinajstić information content (AvgIpc) is 3.24. The minimum absolute atomic E-state index is 0.0698. The normalized spacial score (nSPS) is 52.0. The van der Waals surface area contributed by atoms with Gasteiger partial charge in [-0.15, -0.1) is 0 Å². The zero-order valence-electron chi connectivity index (χ0n) is 18.5. The first-order valence-electron chi connectivity index (χ1n) is 11.5. The summed E-state index contributed by atoms with van der Waals surface area (Å²) in [6.07, 6.45) is 10.9. The van der Waals surface area contributed by atoms with E-state index in [0.717, 1.165) is 30.4 Å². The Morgan fingerprint density at radius 1 is 1.22 bits per heavy atom. The van der Waals surface area contributed by atoms with E-state index in [4.69, 9.17) is 23.4 Å². The van der Waals surface area contributed by atoms with Gasteiger partial charge in [-0.05, 0) is 63.8 Å². The second kappa shape index (κ2) is 5.58. The number of carbonyl (C=O) groups is 1. The molecule has 7 nitrogen and oxygen atoms in total. The summed E-state index contributed by atoms with van der Waals surface area (Å²) in [6, 6.07) is 1.93. The first-order chi connectivity index (χ1) is 15.1. The van der Waals surface area contributed by atoms with Crippen molar-refractivity contribution in [3.63, 3.8) is 0 Å². The monoisotopic (exact) mass is 440 g/mol. The molecule has 1 spiro atoms. The maximum atomic E-state index is 11.8. The van der Waals surface area contributed by atoms with Crippen LogP contribution in [0, 0.1) is 16.7 Å². The Kier molecular flexibility index (Phi) is 3.41. The van der Waals surface area contributed by atoms with Crippen LogP contribution in [0.5, 0.6) is 0 Å². The van der Waals surface area contributed by atoms with Crippen molar-refractivity contribution in [2.45, 2.75) is 81.9 Å². The minimum Gasteiger partial charge on any atom is -0.472 e. The summed E-state index contributed by atoms with van der Waals surface area (Å²) in [4.78, 5) is 11.8. The first-order valence-corrected chi connectivity index (χ1v) is 11.5. The highest BCUT2D eigenvalue weighted by Gasteiger charge is 2.84. The Hall–Kier alpha value is -1.93. The van der Waals surface area contributed by atoms with E-state index < -0.39 is 28.7 Å². The van der Waals surface area contributed by atoms with Crippen molar-refractivity contribution in [3.05, 3.63) is 48.0 Å². The fourth-order valence-corrected chi connectivity index (χ4v) is 7.82. The van der Waals surface area contributed by atoms with Gasteiger partial charge < -0.3 is 28.5 Å². The molecule has 7 rings (SSSR count). The van der Waals surface area contributed by atoms with Gasteiger partial charge in [0.1, 0.15) is 5.60 Å².